The number of aliphatic carboxylic acids is 1. The van der Waals surface area contributed by atoms with Gasteiger partial charge in [0.15, 0.2) is 0 Å². The lowest BCUT2D eigenvalue weighted by Gasteiger charge is -2.18. The Kier molecular flexibility index (Phi) is 5.64. The molecule has 1 aromatic carbocycles. The van der Waals surface area contributed by atoms with Gasteiger partial charge >= 0.3 is 5.97 Å². The first-order chi connectivity index (χ1) is 9.43. The van der Waals surface area contributed by atoms with Gasteiger partial charge in [0.05, 0.1) is 6.54 Å². The number of amides is 2. The predicted molar refractivity (Wildman–Crippen MR) is 68.6 cm³/mol. The number of carbonyl (C=O) groups excluding carboxylic acids is 2. The van der Waals surface area contributed by atoms with Crippen LogP contribution in [0.25, 0.3) is 0 Å². The van der Waals surface area contributed by atoms with Crippen LogP contribution in [0.2, 0.25) is 0 Å². The molecular weight excluding hydrogens is 267 g/mol. The molecule has 1 rings (SSSR count). The van der Waals surface area contributed by atoms with Crippen molar-refractivity contribution in [3.05, 3.63) is 35.6 Å². The van der Waals surface area contributed by atoms with E-state index in [-0.39, 0.29) is 18.7 Å². The molecule has 0 atom stereocenters. The highest BCUT2D eigenvalue weighted by molar-refractivity contribution is 5.96. The lowest BCUT2D eigenvalue weighted by Crippen LogP contribution is -2.42. The lowest BCUT2D eigenvalue weighted by atomic mass is 10.2. The molecule has 7 heteroatoms. The summed E-state index contributed by atoms with van der Waals surface area (Å²) in [6, 6.07) is 5.05. The van der Waals surface area contributed by atoms with Gasteiger partial charge in [-0.15, -0.1) is 0 Å². The molecule has 1 aromatic rings. The summed E-state index contributed by atoms with van der Waals surface area (Å²) in [7, 11) is 0. The smallest absolute Gasteiger partial charge is 0.323 e. The normalized spacial score (nSPS) is 9.90. The van der Waals surface area contributed by atoms with Crippen molar-refractivity contribution in [2.45, 2.75) is 6.92 Å². The number of hydrogen-bond donors (Lipinski definition) is 2. The van der Waals surface area contributed by atoms with Gasteiger partial charge in [0.1, 0.15) is 12.4 Å². The summed E-state index contributed by atoms with van der Waals surface area (Å²) >= 11 is 0. The molecule has 6 nitrogen and oxygen atoms in total. The number of carboxylic acid groups (broad SMARTS) is 1. The topological polar surface area (TPSA) is 86.7 Å². The van der Waals surface area contributed by atoms with Crippen LogP contribution in [0.3, 0.4) is 0 Å². The number of rotatable bonds is 6. The molecule has 2 N–H and O–H groups in total. The second-order valence-electron chi connectivity index (χ2n) is 3.99. The Morgan fingerprint density at radius 1 is 1.35 bits per heavy atom. The summed E-state index contributed by atoms with van der Waals surface area (Å²) in [5.74, 6) is -2.79. The number of carbonyl (C=O) groups is 3. The summed E-state index contributed by atoms with van der Waals surface area (Å²) in [6.45, 7) is 1.10. The molecule has 0 spiro atoms. The van der Waals surface area contributed by atoms with Crippen LogP contribution >= 0.6 is 0 Å². The molecule has 0 aromatic heterocycles. The van der Waals surface area contributed by atoms with Crippen LogP contribution in [0.1, 0.15) is 17.3 Å². The number of likely N-dealkylation sites (N-methyl/N-ethyl adjacent to an activating group) is 1. The van der Waals surface area contributed by atoms with Gasteiger partial charge in [-0.05, 0) is 25.1 Å². The molecule has 2 amide bonds. The van der Waals surface area contributed by atoms with Gasteiger partial charge in [-0.1, -0.05) is 6.07 Å². The van der Waals surface area contributed by atoms with E-state index in [1.807, 2.05) is 0 Å². The summed E-state index contributed by atoms with van der Waals surface area (Å²) in [5.41, 5.74) is 0.0964. The highest BCUT2D eigenvalue weighted by Gasteiger charge is 2.16. The maximum absolute atomic E-state index is 12.9. The molecule has 0 radical (unpaired) electrons. The quantitative estimate of drug-likeness (QED) is 0.795. The largest absolute Gasteiger partial charge is 0.480 e. The average molecular weight is 282 g/mol. The van der Waals surface area contributed by atoms with E-state index in [1.165, 1.54) is 18.2 Å². The van der Waals surface area contributed by atoms with Gasteiger partial charge in [-0.3, -0.25) is 14.4 Å². The second kappa shape index (κ2) is 7.22. The maximum Gasteiger partial charge on any atom is 0.323 e. The zero-order valence-corrected chi connectivity index (χ0v) is 10.9. The van der Waals surface area contributed by atoms with Crippen LogP contribution in [0.4, 0.5) is 4.39 Å². The molecule has 0 heterocycles. The highest BCUT2D eigenvalue weighted by atomic mass is 19.1. The standard InChI is InChI=1S/C13H15FN2O4/c1-2-16(8-12(18)19)11(17)7-15-13(20)9-4-3-5-10(14)6-9/h3-6H,2,7-8H2,1H3,(H,15,20)(H,18,19). The number of nitrogens with zero attached hydrogens (tertiary/aromatic N) is 1. The van der Waals surface area contributed by atoms with Crippen LogP contribution in [0, 0.1) is 5.82 Å². The third kappa shape index (κ3) is 4.68. The number of halogens is 1. The maximum atomic E-state index is 12.9. The minimum Gasteiger partial charge on any atom is -0.480 e. The third-order valence-electron chi connectivity index (χ3n) is 2.55. The first kappa shape index (κ1) is 15.6. The summed E-state index contributed by atoms with van der Waals surface area (Å²) < 4.78 is 12.9. The van der Waals surface area contributed by atoms with Crippen molar-refractivity contribution in [1.82, 2.24) is 10.2 Å². The molecule has 0 aliphatic carbocycles. The summed E-state index contributed by atoms with van der Waals surface area (Å²) in [5, 5.41) is 11.0. The van der Waals surface area contributed by atoms with Gasteiger partial charge < -0.3 is 15.3 Å². The Labute approximate surface area is 115 Å². The van der Waals surface area contributed by atoms with E-state index in [1.54, 1.807) is 6.92 Å². The first-order valence-corrected chi connectivity index (χ1v) is 5.97. The van der Waals surface area contributed by atoms with Crippen molar-refractivity contribution in [2.24, 2.45) is 0 Å². The fourth-order valence-electron chi connectivity index (χ4n) is 1.54. The number of hydrogen-bond acceptors (Lipinski definition) is 3. The first-order valence-electron chi connectivity index (χ1n) is 5.97. The zero-order valence-electron chi connectivity index (χ0n) is 10.9. The minimum atomic E-state index is -1.13. The Balaban J connectivity index is 2.55. The molecule has 0 aliphatic heterocycles. The molecular formula is C13H15FN2O4. The van der Waals surface area contributed by atoms with E-state index in [2.05, 4.69) is 5.32 Å². The fourth-order valence-corrected chi connectivity index (χ4v) is 1.54. The van der Waals surface area contributed by atoms with E-state index in [0.717, 1.165) is 11.0 Å². The Morgan fingerprint density at radius 3 is 2.60 bits per heavy atom. The van der Waals surface area contributed by atoms with Gasteiger partial charge in [0.25, 0.3) is 5.91 Å². The monoisotopic (exact) mass is 282 g/mol. The van der Waals surface area contributed by atoms with Crippen LogP contribution in [0.15, 0.2) is 24.3 Å². The molecule has 0 saturated carbocycles. The molecule has 0 unspecified atom stereocenters. The van der Waals surface area contributed by atoms with Crippen molar-refractivity contribution < 1.29 is 23.9 Å². The molecule has 0 bridgehead atoms. The molecule has 108 valence electrons. The van der Waals surface area contributed by atoms with Crippen molar-refractivity contribution in [1.29, 1.82) is 0 Å². The molecule has 20 heavy (non-hydrogen) atoms. The van der Waals surface area contributed by atoms with Gasteiger partial charge in [0, 0.05) is 12.1 Å². The molecule has 0 aliphatic rings. The third-order valence-corrected chi connectivity index (χ3v) is 2.55. The van der Waals surface area contributed by atoms with E-state index >= 15 is 0 Å². The van der Waals surface area contributed by atoms with E-state index in [9.17, 15) is 18.8 Å². The van der Waals surface area contributed by atoms with Crippen LogP contribution in [-0.2, 0) is 9.59 Å². The van der Waals surface area contributed by atoms with Gasteiger partial charge in [-0.25, -0.2) is 4.39 Å². The van der Waals surface area contributed by atoms with Crippen LogP contribution in [0.5, 0.6) is 0 Å². The zero-order chi connectivity index (χ0) is 15.1. The summed E-state index contributed by atoms with van der Waals surface area (Å²) in [4.78, 5) is 35.0. The second-order valence-corrected chi connectivity index (χ2v) is 3.99. The Bertz CT molecular complexity index is 519. The van der Waals surface area contributed by atoms with E-state index in [4.69, 9.17) is 5.11 Å². The average Bonchev–Trinajstić information content (AvgIpc) is 2.41. The molecule has 0 saturated heterocycles. The lowest BCUT2D eigenvalue weighted by molar-refractivity contribution is -0.143. The van der Waals surface area contributed by atoms with E-state index in [0.29, 0.717) is 0 Å². The number of carboxylic acids is 1. The van der Waals surface area contributed by atoms with E-state index < -0.39 is 30.1 Å². The van der Waals surface area contributed by atoms with Gasteiger partial charge in [-0.2, -0.15) is 0 Å². The Morgan fingerprint density at radius 2 is 2.05 bits per heavy atom. The van der Waals surface area contributed by atoms with Crippen molar-refractivity contribution in [3.8, 4) is 0 Å². The van der Waals surface area contributed by atoms with Crippen molar-refractivity contribution >= 4 is 17.8 Å². The van der Waals surface area contributed by atoms with Crippen molar-refractivity contribution in [3.63, 3.8) is 0 Å². The number of benzene rings is 1. The summed E-state index contributed by atoms with van der Waals surface area (Å²) in [6.07, 6.45) is 0. The predicted octanol–water partition coefficient (Wildman–Crippen LogP) is 0.489. The highest BCUT2D eigenvalue weighted by Crippen LogP contribution is 2.03. The van der Waals surface area contributed by atoms with Gasteiger partial charge in [0.2, 0.25) is 5.91 Å². The SMILES string of the molecule is CCN(CC(=O)O)C(=O)CNC(=O)c1cccc(F)c1. The number of nitrogens with one attached hydrogen (secondary N) is 1. The van der Waals surface area contributed by atoms with Crippen LogP contribution in [-0.4, -0.2) is 47.4 Å². The van der Waals surface area contributed by atoms with Crippen molar-refractivity contribution in [2.75, 3.05) is 19.6 Å². The van der Waals surface area contributed by atoms with Crippen LogP contribution < -0.4 is 5.32 Å². The fraction of sp³-hybridized carbons (Fsp3) is 0.308. The Hall–Kier alpha value is -2.44. The molecule has 0 fully saturated rings. The minimum absolute atomic E-state index is 0.0964.